The molecule has 1 rings (SSSR count). The van der Waals surface area contributed by atoms with Crippen molar-refractivity contribution in [2.75, 3.05) is 30.4 Å². The first kappa shape index (κ1) is 13.7. The predicted molar refractivity (Wildman–Crippen MR) is 68.9 cm³/mol. The summed E-state index contributed by atoms with van der Waals surface area (Å²) in [5.41, 5.74) is 0.0878. The van der Waals surface area contributed by atoms with E-state index in [2.05, 4.69) is 36.1 Å². The Bertz CT molecular complexity index is 373. The number of hydrogen-bond acceptors (Lipinski definition) is 4. The highest BCUT2D eigenvalue weighted by Gasteiger charge is 2.18. The van der Waals surface area contributed by atoms with E-state index in [1.54, 1.807) is 0 Å². The van der Waals surface area contributed by atoms with Crippen molar-refractivity contribution in [1.82, 2.24) is 9.97 Å². The first-order valence-electron chi connectivity index (χ1n) is 5.81. The van der Waals surface area contributed by atoms with Gasteiger partial charge in [0, 0.05) is 20.1 Å². The Hall–Kier alpha value is -1.39. The van der Waals surface area contributed by atoms with Crippen LogP contribution in [0.25, 0.3) is 0 Å². The summed E-state index contributed by atoms with van der Waals surface area (Å²) < 4.78 is 13.6. The highest BCUT2D eigenvalue weighted by atomic mass is 19.1. The average molecular weight is 240 g/mol. The van der Waals surface area contributed by atoms with Gasteiger partial charge >= 0.3 is 0 Å². The van der Waals surface area contributed by atoms with Crippen molar-refractivity contribution in [3.05, 3.63) is 12.0 Å². The van der Waals surface area contributed by atoms with Crippen molar-refractivity contribution in [3.63, 3.8) is 0 Å². The van der Waals surface area contributed by atoms with Crippen molar-refractivity contribution in [3.8, 4) is 0 Å². The van der Waals surface area contributed by atoms with E-state index >= 15 is 0 Å². The number of anilines is 2. The minimum atomic E-state index is -0.390. The van der Waals surface area contributed by atoms with Gasteiger partial charge in [-0.1, -0.05) is 20.8 Å². The molecular formula is C12H21FN4. The Morgan fingerprint density at radius 3 is 2.59 bits per heavy atom. The minimum Gasteiger partial charge on any atom is -0.357 e. The molecule has 0 aliphatic carbocycles. The van der Waals surface area contributed by atoms with Gasteiger partial charge in [0.05, 0.1) is 6.20 Å². The maximum absolute atomic E-state index is 13.6. The lowest BCUT2D eigenvalue weighted by molar-refractivity contribution is 0.415. The van der Waals surface area contributed by atoms with Crippen LogP contribution in [0.4, 0.5) is 16.2 Å². The summed E-state index contributed by atoms with van der Waals surface area (Å²) >= 11 is 0. The Morgan fingerprint density at radius 1 is 1.41 bits per heavy atom. The van der Waals surface area contributed by atoms with Crippen LogP contribution in [0.3, 0.4) is 0 Å². The van der Waals surface area contributed by atoms with Crippen molar-refractivity contribution < 1.29 is 4.39 Å². The summed E-state index contributed by atoms with van der Waals surface area (Å²) in [4.78, 5) is 9.88. The smallest absolute Gasteiger partial charge is 0.224 e. The van der Waals surface area contributed by atoms with Crippen LogP contribution in [0.5, 0.6) is 0 Å². The number of rotatable bonds is 4. The molecule has 1 aromatic heterocycles. The van der Waals surface area contributed by atoms with Gasteiger partial charge in [-0.25, -0.2) is 9.37 Å². The van der Waals surface area contributed by atoms with Crippen LogP contribution in [0, 0.1) is 11.2 Å². The minimum absolute atomic E-state index is 0.0878. The van der Waals surface area contributed by atoms with Gasteiger partial charge in [-0.05, 0) is 12.3 Å². The van der Waals surface area contributed by atoms with E-state index < -0.39 is 5.82 Å². The number of hydrogen-bond donors (Lipinski definition) is 1. The second-order valence-electron chi connectivity index (χ2n) is 5.31. The summed E-state index contributed by atoms with van der Waals surface area (Å²) in [5, 5.41) is 2.98. The quantitative estimate of drug-likeness (QED) is 0.878. The molecule has 17 heavy (non-hydrogen) atoms. The molecule has 0 fully saturated rings. The van der Waals surface area contributed by atoms with Crippen molar-refractivity contribution in [2.24, 2.45) is 5.41 Å². The normalized spacial score (nSPS) is 11.4. The number of nitrogens with zero attached hydrogens (tertiary/aromatic N) is 3. The first-order chi connectivity index (χ1) is 7.83. The van der Waals surface area contributed by atoms with Crippen LogP contribution in [-0.2, 0) is 0 Å². The highest BCUT2D eigenvalue weighted by Crippen LogP contribution is 2.21. The fourth-order valence-corrected chi connectivity index (χ4v) is 1.66. The summed E-state index contributed by atoms with van der Waals surface area (Å²) in [5.74, 6) is 0.411. The second kappa shape index (κ2) is 5.29. The largest absolute Gasteiger partial charge is 0.357 e. The molecule has 0 aromatic carbocycles. The van der Waals surface area contributed by atoms with Crippen molar-refractivity contribution >= 4 is 11.8 Å². The summed E-state index contributed by atoms with van der Waals surface area (Å²) in [6.07, 6.45) is 1.21. The fourth-order valence-electron chi connectivity index (χ4n) is 1.66. The van der Waals surface area contributed by atoms with Crippen molar-refractivity contribution in [2.45, 2.75) is 27.7 Å². The molecule has 0 unspecified atom stereocenters. The van der Waals surface area contributed by atoms with Crippen LogP contribution in [-0.4, -0.2) is 30.1 Å². The molecule has 0 saturated heterocycles. The van der Waals surface area contributed by atoms with E-state index in [4.69, 9.17) is 0 Å². The third-order valence-electron chi connectivity index (χ3n) is 2.13. The monoisotopic (exact) mass is 240 g/mol. The first-order valence-corrected chi connectivity index (χ1v) is 5.81. The molecule has 96 valence electrons. The van der Waals surface area contributed by atoms with Crippen LogP contribution < -0.4 is 10.2 Å². The molecule has 0 spiro atoms. The number of halogens is 1. The Balaban J connectivity index is 2.91. The third kappa shape index (κ3) is 4.17. The molecule has 0 amide bonds. The van der Waals surface area contributed by atoms with Gasteiger partial charge in [-0.15, -0.1) is 0 Å². The second-order valence-corrected chi connectivity index (χ2v) is 5.31. The summed E-state index contributed by atoms with van der Waals surface area (Å²) in [6.45, 7) is 9.71. The lowest BCUT2D eigenvalue weighted by Crippen LogP contribution is -2.30. The Morgan fingerprint density at radius 2 is 2.06 bits per heavy atom. The van der Waals surface area contributed by atoms with E-state index in [0.717, 1.165) is 6.54 Å². The zero-order chi connectivity index (χ0) is 13.1. The molecule has 0 saturated carbocycles. The van der Waals surface area contributed by atoms with Gasteiger partial charge in [0.25, 0.3) is 0 Å². The van der Waals surface area contributed by atoms with E-state index in [1.165, 1.54) is 6.20 Å². The van der Waals surface area contributed by atoms with E-state index in [0.29, 0.717) is 18.3 Å². The van der Waals surface area contributed by atoms with Gasteiger partial charge in [0.2, 0.25) is 5.95 Å². The van der Waals surface area contributed by atoms with Crippen LogP contribution >= 0.6 is 0 Å². The Kier molecular flexibility index (Phi) is 4.26. The number of nitrogens with one attached hydrogen (secondary N) is 1. The standard InChI is InChI=1S/C12H21FN4/c1-6-14-11-15-7-9(13)10(16-11)17(5)8-12(2,3)4/h7H,6,8H2,1-5H3,(H,14,15,16). The average Bonchev–Trinajstić information content (AvgIpc) is 2.18. The molecule has 5 heteroatoms. The summed E-state index contributed by atoms with van der Waals surface area (Å²) in [7, 11) is 1.84. The maximum atomic E-state index is 13.6. The van der Waals surface area contributed by atoms with Gasteiger partial charge < -0.3 is 10.2 Å². The Labute approximate surface area is 102 Å². The molecule has 4 nitrogen and oxygen atoms in total. The molecule has 1 heterocycles. The SMILES string of the molecule is CCNc1ncc(F)c(N(C)CC(C)(C)C)n1. The van der Waals surface area contributed by atoms with E-state index in [9.17, 15) is 4.39 Å². The van der Waals surface area contributed by atoms with Crippen LogP contribution in [0.2, 0.25) is 0 Å². The fraction of sp³-hybridized carbons (Fsp3) is 0.667. The van der Waals surface area contributed by atoms with Crippen molar-refractivity contribution in [1.29, 1.82) is 0 Å². The van der Waals surface area contributed by atoms with Crippen LogP contribution in [0.1, 0.15) is 27.7 Å². The van der Waals surface area contributed by atoms with E-state index in [1.807, 2.05) is 18.9 Å². The molecule has 0 radical (unpaired) electrons. The zero-order valence-corrected chi connectivity index (χ0v) is 11.2. The molecule has 1 N–H and O–H groups in total. The predicted octanol–water partition coefficient (Wildman–Crippen LogP) is 2.53. The summed E-state index contributed by atoms with van der Waals surface area (Å²) in [6, 6.07) is 0. The maximum Gasteiger partial charge on any atom is 0.224 e. The lowest BCUT2D eigenvalue weighted by atomic mass is 9.96. The zero-order valence-electron chi connectivity index (χ0n) is 11.2. The molecule has 0 atom stereocenters. The third-order valence-corrected chi connectivity index (χ3v) is 2.13. The molecule has 0 aliphatic heterocycles. The highest BCUT2D eigenvalue weighted by molar-refractivity contribution is 5.43. The molecule has 0 bridgehead atoms. The molecular weight excluding hydrogens is 219 g/mol. The molecule has 0 aliphatic rings. The number of aromatic nitrogens is 2. The van der Waals surface area contributed by atoms with E-state index in [-0.39, 0.29) is 5.41 Å². The van der Waals surface area contributed by atoms with Gasteiger partial charge in [-0.2, -0.15) is 4.98 Å². The topological polar surface area (TPSA) is 41.1 Å². The van der Waals surface area contributed by atoms with Gasteiger partial charge in [0.15, 0.2) is 11.6 Å². The molecule has 1 aromatic rings. The van der Waals surface area contributed by atoms with Gasteiger partial charge in [-0.3, -0.25) is 0 Å². The van der Waals surface area contributed by atoms with Crippen LogP contribution in [0.15, 0.2) is 6.20 Å². The van der Waals surface area contributed by atoms with Gasteiger partial charge in [0.1, 0.15) is 0 Å². The lowest BCUT2D eigenvalue weighted by Gasteiger charge is -2.27.